The Morgan fingerprint density at radius 1 is 1.31 bits per heavy atom. The third-order valence-electron chi connectivity index (χ3n) is 5.45. The Bertz CT molecular complexity index is 1130. The molecule has 1 fully saturated rings. The smallest absolute Gasteiger partial charge is 0.307 e. The third kappa shape index (κ3) is 4.28. The van der Waals surface area contributed by atoms with Gasteiger partial charge in [0.2, 0.25) is 5.91 Å². The molecule has 1 amide bonds. The lowest BCUT2D eigenvalue weighted by molar-refractivity contribution is -0.120. The topological polar surface area (TPSA) is 96.8 Å². The molecule has 9 heteroatoms. The molecule has 7 nitrogen and oxygen atoms in total. The van der Waals surface area contributed by atoms with Crippen molar-refractivity contribution in [1.29, 1.82) is 0 Å². The number of hydrogen-bond donors (Lipinski definition) is 2. The van der Waals surface area contributed by atoms with Crippen LogP contribution in [0.2, 0.25) is 5.02 Å². The zero-order valence-corrected chi connectivity index (χ0v) is 17.3. The van der Waals surface area contributed by atoms with Crippen molar-refractivity contribution >= 4 is 44.9 Å². The van der Waals surface area contributed by atoms with Gasteiger partial charge in [0.25, 0.3) is 5.56 Å². The van der Waals surface area contributed by atoms with Gasteiger partial charge in [0.15, 0.2) is 5.13 Å². The largest absolute Gasteiger partial charge is 0.329 e. The van der Waals surface area contributed by atoms with Gasteiger partial charge in [-0.05, 0) is 30.5 Å². The molecule has 0 spiro atoms. The molecule has 1 aliphatic rings. The lowest BCUT2D eigenvalue weighted by Gasteiger charge is -2.26. The first-order valence-corrected chi connectivity index (χ1v) is 10.9. The van der Waals surface area contributed by atoms with Crippen LogP contribution in [-0.2, 0) is 4.79 Å². The summed E-state index contributed by atoms with van der Waals surface area (Å²) in [6.07, 6.45) is 7.40. The highest BCUT2D eigenvalue weighted by atomic mass is 35.5. The fourth-order valence-electron chi connectivity index (χ4n) is 4.03. The van der Waals surface area contributed by atoms with Gasteiger partial charge in [-0.3, -0.25) is 9.59 Å². The molecule has 2 aromatic heterocycles. The van der Waals surface area contributed by atoms with Gasteiger partial charge in [-0.15, -0.1) is 11.3 Å². The SMILES string of the molecule is O=C(Nc1nccs1)C(CC1CCCCC1)n1c(=O)[nH]c2ccc(Cl)cc2c1=O. The number of fused-ring (bicyclic) bond motifs is 1. The second kappa shape index (κ2) is 8.51. The molecule has 1 atom stereocenters. The Morgan fingerprint density at radius 2 is 2.10 bits per heavy atom. The molecule has 29 heavy (non-hydrogen) atoms. The molecule has 2 N–H and O–H groups in total. The molecule has 1 unspecified atom stereocenters. The van der Waals surface area contributed by atoms with Crippen LogP contribution in [0.25, 0.3) is 10.9 Å². The average molecular weight is 433 g/mol. The molecule has 0 aliphatic heterocycles. The summed E-state index contributed by atoms with van der Waals surface area (Å²) in [5.41, 5.74) is -0.710. The first-order valence-electron chi connectivity index (χ1n) is 9.67. The molecule has 0 bridgehead atoms. The average Bonchev–Trinajstić information content (AvgIpc) is 3.21. The zero-order valence-electron chi connectivity index (χ0n) is 15.7. The van der Waals surface area contributed by atoms with E-state index in [1.807, 2.05) is 0 Å². The normalized spacial score (nSPS) is 16.0. The van der Waals surface area contributed by atoms with Crippen LogP contribution >= 0.6 is 22.9 Å². The van der Waals surface area contributed by atoms with Crippen molar-refractivity contribution < 1.29 is 4.79 Å². The lowest BCUT2D eigenvalue weighted by atomic mass is 9.84. The van der Waals surface area contributed by atoms with Gasteiger partial charge in [0.1, 0.15) is 6.04 Å². The van der Waals surface area contributed by atoms with E-state index in [2.05, 4.69) is 15.3 Å². The van der Waals surface area contributed by atoms with Crippen LogP contribution in [0, 0.1) is 5.92 Å². The Kier molecular flexibility index (Phi) is 5.82. The quantitative estimate of drug-likeness (QED) is 0.637. The van der Waals surface area contributed by atoms with Crippen LogP contribution in [0.4, 0.5) is 5.13 Å². The second-order valence-electron chi connectivity index (χ2n) is 7.38. The Hall–Kier alpha value is -2.45. The molecule has 4 rings (SSSR count). The van der Waals surface area contributed by atoms with Crippen molar-refractivity contribution in [3.05, 3.63) is 55.6 Å². The predicted molar refractivity (Wildman–Crippen MR) is 115 cm³/mol. The minimum atomic E-state index is -0.915. The Balaban J connectivity index is 1.78. The van der Waals surface area contributed by atoms with Crippen molar-refractivity contribution in [2.24, 2.45) is 5.92 Å². The zero-order chi connectivity index (χ0) is 20.4. The lowest BCUT2D eigenvalue weighted by Crippen LogP contribution is -2.43. The number of rotatable bonds is 5. The fraction of sp³-hybridized carbons (Fsp3) is 0.400. The number of anilines is 1. The number of halogens is 1. The van der Waals surface area contributed by atoms with E-state index in [4.69, 9.17) is 11.6 Å². The number of nitrogens with zero attached hydrogens (tertiary/aromatic N) is 2. The summed E-state index contributed by atoms with van der Waals surface area (Å²) in [6.45, 7) is 0. The number of benzene rings is 1. The number of carbonyl (C=O) groups excluding carboxylic acids is 1. The third-order valence-corrected chi connectivity index (χ3v) is 6.37. The van der Waals surface area contributed by atoms with Crippen molar-refractivity contribution in [1.82, 2.24) is 14.5 Å². The minimum Gasteiger partial charge on any atom is -0.307 e. The van der Waals surface area contributed by atoms with E-state index in [-0.39, 0.29) is 11.3 Å². The molecule has 1 aromatic carbocycles. The van der Waals surface area contributed by atoms with E-state index in [0.717, 1.165) is 30.3 Å². The van der Waals surface area contributed by atoms with Crippen LogP contribution in [0.3, 0.4) is 0 Å². The first-order chi connectivity index (χ1) is 14.0. The number of carbonyl (C=O) groups is 1. The summed E-state index contributed by atoms with van der Waals surface area (Å²) in [6, 6.07) is 3.80. The second-order valence-corrected chi connectivity index (χ2v) is 8.71. The standard InChI is InChI=1S/C20H21ClN4O3S/c21-13-6-7-15-14(11-13)18(27)25(20(28)23-15)16(10-12-4-2-1-3-5-12)17(26)24-19-22-8-9-29-19/h6-9,11-12,16H,1-5,10H2,(H,23,28)(H,22,24,26). The van der Waals surface area contributed by atoms with E-state index in [0.29, 0.717) is 22.1 Å². The summed E-state index contributed by atoms with van der Waals surface area (Å²) in [7, 11) is 0. The number of aromatic nitrogens is 3. The first kappa shape index (κ1) is 19.8. The number of nitrogens with one attached hydrogen (secondary N) is 2. The molecular weight excluding hydrogens is 412 g/mol. The minimum absolute atomic E-state index is 0.285. The molecule has 1 saturated carbocycles. The Morgan fingerprint density at radius 3 is 2.83 bits per heavy atom. The van der Waals surface area contributed by atoms with Crippen molar-refractivity contribution in [3.8, 4) is 0 Å². The van der Waals surface area contributed by atoms with Gasteiger partial charge >= 0.3 is 5.69 Å². The van der Waals surface area contributed by atoms with E-state index in [1.54, 1.807) is 23.7 Å². The summed E-state index contributed by atoms with van der Waals surface area (Å²) in [5.74, 6) is -0.114. The molecule has 0 saturated heterocycles. The number of amides is 1. The van der Waals surface area contributed by atoms with E-state index in [9.17, 15) is 14.4 Å². The van der Waals surface area contributed by atoms with Crippen LogP contribution in [0.1, 0.15) is 44.6 Å². The molecule has 2 heterocycles. The predicted octanol–water partition coefficient (Wildman–Crippen LogP) is 3.95. The highest BCUT2D eigenvalue weighted by Crippen LogP contribution is 2.31. The van der Waals surface area contributed by atoms with Crippen molar-refractivity contribution in [2.75, 3.05) is 5.32 Å². The molecule has 0 radical (unpaired) electrons. The molecule has 1 aliphatic carbocycles. The van der Waals surface area contributed by atoms with E-state index in [1.165, 1.54) is 23.8 Å². The number of H-pyrrole nitrogens is 1. The van der Waals surface area contributed by atoms with Crippen LogP contribution in [0.15, 0.2) is 39.4 Å². The molecule has 152 valence electrons. The van der Waals surface area contributed by atoms with Crippen molar-refractivity contribution in [3.63, 3.8) is 0 Å². The van der Waals surface area contributed by atoms with Gasteiger partial charge in [0.05, 0.1) is 10.9 Å². The monoisotopic (exact) mass is 432 g/mol. The van der Waals surface area contributed by atoms with Crippen LogP contribution < -0.4 is 16.6 Å². The summed E-state index contributed by atoms with van der Waals surface area (Å²) < 4.78 is 1.04. The summed E-state index contributed by atoms with van der Waals surface area (Å²) >= 11 is 7.34. The maximum Gasteiger partial charge on any atom is 0.329 e. The summed E-state index contributed by atoms with van der Waals surface area (Å²) in [4.78, 5) is 45.9. The van der Waals surface area contributed by atoms with Crippen LogP contribution in [0.5, 0.6) is 0 Å². The highest BCUT2D eigenvalue weighted by molar-refractivity contribution is 7.13. The molecular formula is C20H21ClN4O3S. The fourth-order valence-corrected chi connectivity index (χ4v) is 4.73. The number of thiazole rings is 1. The van der Waals surface area contributed by atoms with Gasteiger partial charge in [-0.1, -0.05) is 43.7 Å². The van der Waals surface area contributed by atoms with Gasteiger partial charge in [-0.2, -0.15) is 0 Å². The van der Waals surface area contributed by atoms with Gasteiger partial charge in [0, 0.05) is 16.6 Å². The van der Waals surface area contributed by atoms with Gasteiger partial charge in [-0.25, -0.2) is 14.3 Å². The number of hydrogen-bond acceptors (Lipinski definition) is 5. The van der Waals surface area contributed by atoms with Crippen molar-refractivity contribution in [2.45, 2.75) is 44.6 Å². The van der Waals surface area contributed by atoms with Crippen LogP contribution in [-0.4, -0.2) is 20.4 Å². The van der Waals surface area contributed by atoms with E-state index >= 15 is 0 Å². The molecule has 3 aromatic rings. The Labute approximate surface area is 175 Å². The van der Waals surface area contributed by atoms with E-state index < -0.39 is 23.2 Å². The summed E-state index contributed by atoms with van der Waals surface area (Å²) in [5, 5.41) is 5.63. The maximum absolute atomic E-state index is 13.2. The number of aromatic amines is 1. The maximum atomic E-state index is 13.2. The highest BCUT2D eigenvalue weighted by Gasteiger charge is 2.29. The van der Waals surface area contributed by atoms with Gasteiger partial charge < -0.3 is 10.3 Å².